The van der Waals surface area contributed by atoms with Gasteiger partial charge in [0.05, 0.1) is 6.61 Å². The molecular formula is C10H18IN3O2S. The van der Waals surface area contributed by atoms with Crippen molar-refractivity contribution in [2.75, 3.05) is 31.1 Å². The van der Waals surface area contributed by atoms with Crippen LogP contribution < -0.4 is 0 Å². The summed E-state index contributed by atoms with van der Waals surface area (Å²) in [6.07, 6.45) is 9.96. The Hall–Kier alpha value is -0.280. The van der Waals surface area contributed by atoms with Crippen LogP contribution in [-0.4, -0.2) is 52.1 Å². The highest BCUT2D eigenvalue weighted by Crippen LogP contribution is 2.33. The van der Waals surface area contributed by atoms with Crippen LogP contribution in [0.15, 0.2) is 11.4 Å². The summed E-state index contributed by atoms with van der Waals surface area (Å²) in [5.41, 5.74) is 0. The van der Waals surface area contributed by atoms with Gasteiger partial charge in [-0.05, 0) is 41.4 Å². The molecule has 1 aromatic rings. The van der Waals surface area contributed by atoms with Crippen LogP contribution >= 0.6 is 32.6 Å². The van der Waals surface area contributed by atoms with Crippen LogP contribution in [0.5, 0.6) is 0 Å². The molecule has 0 aromatic carbocycles. The molecule has 0 saturated carbocycles. The lowest BCUT2D eigenvalue weighted by Gasteiger charge is -2.24. The maximum Gasteiger partial charge on any atom is 0.157 e. The van der Waals surface area contributed by atoms with E-state index in [1.165, 1.54) is 6.21 Å². The molecule has 1 aromatic heterocycles. The zero-order chi connectivity index (χ0) is 12.9. The van der Waals surface area contributed by atoms with E-state index in [2.05, 4.69) is 51.5 Å². The van der Waals surface area contributed by atoms with E-state index in [0.717, 1.165) is 16.1 Å². The van der Waals surface area contributed by atoms with Gasteiger partial charge in [0.1, 0.15) is 16.6 Å². The molecule has 1 rings (SSSR count). The number of halogens is 1. The Morgan fingerprint density at radius 1 is 1.59 bits per heavy atom. The lowest BCUT2D eigenvalue weighted by molar-refractivity contribution is 0.0892. The Balaban J connectivity index is 2.46. The second-order valence-electron chi connectivity index (χ2n) is 4.47. The molecular weight excluding hydrogens is 353 g/mol. The van der Waals surface area contributed by atoms with Crippen molar-refractivity contribution in [2.45, 2.75) is 6.73 Å². The van der Waals surface area contributed by atoms with E-state index in [9.17, 15) is 0 Å². The molecule has 1 N–H and O–H groups in total. The average molecular weight is 371 g/mol. The fraction of sp³-hybridized carbons (Fsp3) is 0.600. The normalized spacial score (nSPS) is 13.4. The van der Waals surface area contributed by atoms with Crippen LogP contribution in [0, 0.1) is 3.70 Å². The molecule has 0 aliphatic heterocycles. The second kappa shape index (κ2) is 6.60. The Morgan fingerprint density at radius 2 is 2.29 bits per heavy atom. The van der Waals surface area contributed by atoms with E-state index in [0.29, 0.717) is 12.6 Å². The zero-order valence-corrected chi connectivity index (χ0v) is 13.2. The van der Waals surface area contributed by atoms with Gasteiger partial charge in [-0.2, -0.15) is 0 Å². The first-order valence-corrected chi connectivity index (χ1v) is 9.17. The number of oxime groups is 1. The van der Waals surface area contributed by atoms with Gasteiger partial charge in [-0.3, -0.25) is 0 Å². The molecule has 0 aliphatic rings. The van der Waals surface area contributed by atoms with Crippen molar-refractivity contribution in [3.63, 3.8) is 0 Å². The molecule has 1 heterocycles. The third-order valence-electron chi connectivity index (χ3n) is 2.02. The predicted molar refractivity (Wildman–Crippen MR) is 80.5 cm³/mol. The van der Waals surface area contributed by atoms with E-state index < -0.39 is 10.0 Å². The minimum Gasteiger partial charge on any atom is -0.411 e. The molecule has 0 atom stereocenters. The Bertz CT molecular complexity index is 387. The first-order chi connectivity index (χ1) is 7.92. The SMILES string of the molecule is CS(C)(C)CCOCn1cc(I)nc1/C=N/O. The predicted octanol–water partition coefficient (Wildman–Crippen LogP) is 1.96. The third-order valence-corrected chi connectivity index (χ3v) is 3.93. The van der Waals surface area contributed by atoms with Gasteiger partial charge in [-0.1, -0.05) is 5.16 Å². The van der Waals surface area contributed by atoms with Crippen molar-refractivity contribution in [1.29, 1.82) is 0 Å². The molecule has 0 saturated heterocycles. The summed E-state index contributed by atoms with van der Waals surface area (Å²) < 4.78 is 8.26. The van der Waals surface area contributed by atoms with Crippen LogP contribution in [-0.2, 0) is 11.5 Å². The molecule has 7 heteroatoms. The average Bonchev–Trinajstić information content (AvgIpc) is 2.53. The van der Waals surface area contributed by atoms with Crippen molar-refractivity contribution < 1.29 is 9.94 Å². The van der Waals surface area contributed by atoms with Gasteiger partial charge >= 0.3 is 0 Å². The maximum absolute atomic E-state index is 8.51. The summed E-state index contributed by atoms with van der Waals surface area (Å²) in [5.74, 6) is 1.68. The number of hydrogen-bond acceptors (Lipinski definition) is 4. The molecule has 0 fully saturated rings. The third kappa shape index (κ3) is 5.73. The topological polar surface area (TPSA) is 59.6 Å². The minimum atomic E-state index is -0.511. The van der Waals surface area contributed by atoms with E-state index in [1.54, 1.807) is 0 Å². The Kier molecular flexibility index (Phi) is 5.74. The summed E-state index contributed by atoms with van der Waals surface area (Å²) in [7, 11) is -0.511. The first-order valence-electron chi connectivity index (χ1n) is 5.06. The van der Waals surface area contributed by atoms with Crippen molar-refractivity contribution in [3.8, 4) is 0 Å². The maximum atomic E-state index is 8.51. The molecule has 0 amide bonds. The second-order valence-corrected chi connectivity index (χ2v) is 10.2. The van der Waals surface area contributed by atoms with Crippen LogP contribution in [0.25, 0.3) is 0 Å². The number of hydrogen-bond donors (Lipinski definition) is 1. The molecule has 98 valence electrons. The lowest BCUT2D eigenvalue weighted by atomic mass is 10.6. The summed E-state index contributed by atoms with van der Waals surface area (Å²) in [6, 6.07) is 0. The van der Waals surface area contributed by atoms with Gasteiger partial charge < -0.3 is 14.5 Å². The van der Waals surface area contributed by atoms with E-state index >= 15 is 0 Å². The molecule has 0 aliphatic carbocycles. The molecule has 0 spiro atoms. The molecule has 0 unspecified atom stereocenters. The minimum absolute atomic E-state index is 0.437. The molecule has 17 heavy (non-hydrogen) atoms. The fourth-order valence-corrected chi connectivity index (χ4v) is 2.33. The number of ether oxygens (including phenoxy) is 1. The van der Waals surface area contributed by atoms with Gasteiger partial charge in [-0.25, -0.2) is 15.0 Å². The van der Waals surface area contributed by atoms with Crippen molar-refractivity contribution in [1.82, 2.24) is 9.55 Å². The largest absolute Gasteiger partial charge is 0.411 e. The Labute approximate surface area is 117 Å². The van der Waals surface area contributed by atoms with Gasteiger partial charge in [0, 0.05) is 11.9 Å². The highest BCUT2D eigenvalue weighted by molar-refractivity contribution is 14.1. The van der Waals surface area contributed by atoms with Gasteiger partial charge in [-0.15, -0.1) is 0 Å². The number of nitrogens with zero attached hydrogens (tertiary/aromatic N) is 3. The van der Waals surface area contributed by atoms with Crippen LogP contribution in [0.2, 0.25) is 0 Å². The van der Waals surface area contributed by atoms with E-state index in [4.69, 9.17) is 9.94 Å². The molecule has 0 radical (unpaired) electrons. The summed E-state index contributed by atoms with van der Waals surface area (Å²) >= 11 is 2.11. The summed E-state index contributed by atoms with van der Waals surface area (Å²) in [6.45, 7) is 1.18. The standard InChI is InChI=1S/C10H18IN3O2S/c1-17(2,3)5-4-16-8-14-7-9(11)13-10(14)6-12-15/h6-7,15H,4-5,8H2,1-3H3/b12-6+. The summed E-state index contributed by atoms with van der Waals surface area (Å²) in [5, 5.41) is 11.5. The van der Waals surface area contributed by atoms with Crippen molar-refractivity contribution >= 4 is 38.8 Å². The number of aromatic nitrogens is 2. The van der Waals surface area contributed by atoms with E-state index in [-0.39, 0.29) is 0 Å². The highest BCUT2D eigenvalue weighted by atomic mass is 127. The fourth-order valence-electron chi connectivity index (χ4n) is 1.13. The molecule has 5 nitrogen and oxygen atoms in total. The van der Waals surface area contributed by atoms with Crippen molar-refractivity contribution in [2.24, 2.45) is 5.16 Å². The number of imidazole rings is 1. The number of rotatable bonds is 6. The monoisotopic (exact) mass is 371 g/mol. The van der Waals surface area contributed by atoms with E-state index in [1.807, 2.05) is 10.8 Å². The van der Waals surface area contributed by atoms with Gasteiger partial charge in [0.25, 0.3) is 0 Å². The van der Waals surface area contributed by atoms with Gasteiger partial charge in [0.15, 0.2) is 5.82 Å². The van der Waals surface area contributed by atoms with Crippen LogP contribution in [0.4, 0.5) is 0 Å². The smallest absolute Gasteiger partial charge is 0.157 e. The van der Waals surface area contributed by atoms with Crippen molar-refractivity contribution in [3.05, 3.63) is 15.7 Å². The highest BCUT2D eigenvalue weighted by Gasteiger charge is 2.06. The van der Waals surface area contributed by atoms with Crippen LogP contribution in [0.1, 0.15) is 5.82 Å². The molecule has 0 bridgehead atoms. The van der Waals surface area contributed by atoms with Gasteiger partial charge in [0.2, 0.25) is 0 Å². The summed E-state index contributed by atoms with van der Waals surface area (Å²) in [4.78, 5) is 4.19. The Morgan fingerprint density at radius 3 is 2.88 bits per heavy atom. The van der Waals surface area contributed by atoms with Crippen LogP contribution in [0.3, 0.4) is 0 Å². The first kappa shape index (κ1) is 14.8. The zero-order valence-electron chi connectivity index (χ0n) is 10.3. The lowest BCUT2D eigenvalue weighted by Crippen LogP contribution is -2.11. The quantitative estimate of drug-likeness (QED) is 0.274.